The van der Waals surface area contributed by atoms with Crippen molar-refractivity contribution < 1.29 is 23.4 Å². The summed E-state index contributed by atoms with van der Waals surface area (Å²) in [5.41, 5.74) is 4.47. The number of thioether (sulfide) groups is 1. The van der Waals surface area contributed by atoms with Crippen molar-refractivity contribution in [3.8, 4) is 0 Å². The number of carbonyl (C=O) groups is 1. The highest BCUT2D eigenvalue weighted by atomic mass is 32.2. The van der Waals surface area contributed by atoms with Crippen LogP contribution in [-0.2, 0) is 10.3 Å². The van der Waals surface area contributed by atoms with Gasteiger partial charge in [0.25, 0.3) is 0 Å². The topological polar surface area (TPSA) is 101 Å². The lowest BCUT2D eigenvalue weighted by Gasteiger charge is -2.42. The van der Waals surface area contributed by atoms with Gasteiger partial charge in [0.15, 0.2) is 5.17 Å². The van der Waals surface area contributed by atoms with Crippen molar-refractivity contribution in [3.05, 3.63) is 23.8 Å². The molecule has 11 heteroatoms. The molecule has 0 bridgehead atoms. The Morgan fingerprint density at radius 3 is 2.62 bits per heavy atom. The number of hydrogen-bond donors (Lipinski definition) is 2. The number of aromatic nitrogens is 1. The highest BCUT2D eigenvalue weighted by Gasteiger charge is 2.68. The Labute approximate surface area is 205 Å². The molecule has 190 valence electrons. The van der Waals surface area contributed by atoms with Crippen molar-refractivity contribution in [2.75, 3.05) is 19.0 Å². The molecule has 1 aromatic rings. The summed E-state index contributed by atoms with van der Waals surface area (Å²) < 4.78 is 34.5. The zero-order valence-corrected chi connectivity index (χ0v) is 22.8. The van der Waals surface area contributed by atoms with E-state index in [4.69, 9.17) is 15.5 Å². The Bertz CT molecular complexity index is 984. The van der Waals surface area contributed by atoms with Crippen LogP contribution in [0.25, 0.3) is 0 Å². The molecule has 3 rings (SSSR count). The maximum atomic E-state index is 14.8. The van der Waals surface area contributed by atoms with Crippen molar-refractivity contribution in [3.63, 3.8) is 0 Å². The first-order valence-electron chi connectivity index (χ1n) is 11.4. The van der Waals surface area contributed by atoms with E-state index in [9.17, 15) is 18.7 Å². The summed E-state index contributed by atoms with van der Waals surface area (Å²) in [5, 5.41) is 10.4. The number of nitrogens with two attached hydrogens (primary N) is 1. The van der Waals surface area contributed by atoms with E-state index >= 15 is 0 Å². The molecule has 1 aliphatic carbocycles. The number of amides is 1. The van der Waals surface area contributed by atoms with Crippen molar-refractivity contribution in [1.82, 2.24) is 9.88 Å². The molecule has 1 aliphatic heterocycles. The monoisotopic (exact) mass is 514 g/mol. The molecule has 34 heavy (non-hydrogen) atoms. The van der Waals surface area contributed by atoms with Crippen LogP contribution in [0.4, 0.5) is 19.3 Å². The Hall–Kier alpha value is -1.72. The van der Waals surface area contributed by atoms with Crippen LogP contribution in [0.15, 0.2) is 17.3 Å². The van der Waals surface area contributed by atoms with Gasteiger partial charge in [-0.05, 0) is 25.5 Å². The lowest BCUT2D eigenvalue weighted by molar-refractivity contribution is -0.0761. The van der Waals surface area contributed by atoms with E-state index in [-0.39, 0.29) is 22.3 Å². The van der Waals surface area contributed by atoms with E-state index in [0.717, 1.165) is 22.7 Å². The molecule has 1 aromatic heterocycles. The molecule has 0 saturated heterocycles. The molecule has 4 atom stereocenters. The fourth-order valence-electron chi connectivity index (χ4n) is 4.41. The van der Waals surface area contributed by atoms with Gasteiger partial charge in [-0.3, -0.25) is 4.99 Å². The van der Waals surface area contributed by atoms with Crippen molar-refractivity contribution in [1.29, 1.82) is 0 Å². The van der Waals surface area contributed by atoms with Gasteiger partial charge in [0.1, 0.15) is 12.9 Å². The largest absolute Gasteiger partial charge is 0.465 e. The number of rotatable bonds is 7. The quantitative estimate of drug-likeness (QED) is 0.281. The van der Waals surface area contributed by atoms with Crippen LogP contribution in [0, 0.1) is 17.3 Å². The van der Waals surface area contributed by atoms with Crippen LogP contribution in [0.3, 0.4) is 0 Å². The highest BCUT2D eigenvalue weighted by Crippen LogP contribution is 2.66. The molecular formula is C23H36F2N4O3SSi. The third-order valence-electron chi connectivity index (χ3n) is 6.47. The van der Waals surface area contributed by atoms with E-state index in [2.05, 4.69) is 24.6 Å². The number of carboxylic acid groups (broad SMARTS) is 1. The van der Waals surface area contributed by atoms with Crippen LogP contribution < -0.4 is 5.73 Å². The minimum Gasteiger partial charge on any atom is -0.465 e. The number of fused-ring (bicyclic) bond motifs is 1. The van der Waals surface area contributed by atoms with Crippen LogP contribution in [0.1, 0.15) is 39.7 Å². The second-order valence-corrected chi connectivity index (χ2v) is 18.8. The second kappa shape index (κ2) is 9.05. The number of hydrogen-bond acceptors (Lipinski definition) is 6. The highest BCUT2D eigenvalue weighted by molar-refractivity contribution is 8.15. The van der Waals surface area contributed by atoms with Crippen LogP contribution in [0.2, 0.25) is 25.7 Å². The first kappa shape index (κ1) is 26.9. The Morgan fingerprint density at radius 2 is 2.09 bits per heavy atom. The summed E-state index contributed by atoms with van der Waals surface area (Å²) in [4.78, 5) is 22.2. The van der Waals surface area contributed by atoms with E-state index in [1.807, 2.05) is 20.8 Å². The number of anilines is 1. The molecular weight excluding hydrogens is 478 g/mol. The number of pyridine rings is 1. The van der Waals surface area contributed by atoms with E-state index in [1.165, 1.54) is 12.3 Å². The molecule has 0 spiro atoms. The van der Waals surface area contributed by atoms with Crippen LogP contribution >= 0.6 is 11.8 Å². The fourth-order valence-corrected chi connectivity index (χ4v) is 6.69. The lowest BCUT2D eigenvalue weighted by Crippen LogP contribution is -2.53. The molecule has 3 N–H and O–H groups in total. The zero-order valence-electron chi connectivity index (χ0n) is 21.0. The summed E-state index contributed by atoms with van der Waals surface area (Å²) in [6.07, 6.45) is -0.449. The number of nitrogens with zero attached hydrogens (tertiary/aromatic N) is 3. The first-order chi connectivity index (χ1) is 15.5. The molecule has 7 nitrogen and oxygen atoms in total. The van der Waals surface area contributed by atoms with Gasteiger partial charge in [0.05, 0.1) is 22.2 Å². The average Bonchev–Trinajstić information content (AvgIpc) is 3.43. The SMILES string of the molecule is CC(C)(C)C(OCC[Si](C)(C)C)N(C(=O)O)C1=N[C@](C)(c2cc(N)cnc2F)[C@@H]2C[C@]2(CF)S1. The van der Waals surface area contributed by atoms with Crippen molar-refractivity contribution >= 4 is 36.8 Å². The van der Waals surface area contributed by atoms with Gasteiger partial charge in [-0.1, -0.05) is 52.2 Å². The molecule has 1 fully saturated rings. The minimum absolute atomic E-state index is 0.108. The normalized spacial score (nSPS) is 27.6. The standard InChI is InChI=1S/C23H36F2N4O3SSi/c1-21(2,3)18(32-8-9-34(5,6)7)29(20(30)31)19-28-22(4,16-11-23(16,13-24)33-19)15-10-14(26)12-27-17(15)25/h10,12,16,18H,8-9,11,13,26H2,1-7H3,(H,30,31)/t16-,18?,22+,23+/m0/s1. The Kier molecular flexibility index (Phi) is 7.16. The maximum absolute atomic E-state index is 14.8. The number of aliphatic imine (C=N–C) groups is 1. The molecule has 0 aromatic carbocycles. The third kappa shape index (κ3) is 5.25. The molecule has 1 unspecified atom stereocenters. The summed E-state index contributed by atoms with van der Waals surface area (Å²) in [5.74, 6) is -1.06. The summed E-state index contributed by atoms with van der Waals surface area (Å²) in [6.45, 7) is 13.8. The van der Waals surface area contributed by atoms with Crippen molar-refractivity contribution in [2.45, 2.75) is 76.3 Å². The smallest absolute Gasteiger partial charge is 0.415 e. The summed E-state index contributed by atoms with van der Waals surface area (Å²) >= 11 is 1.11. The summed E-state index contributed by atoms with van der Waals surface area (Å²) in [7, 11) is -1.42. The molecule has 2 heterocycles. The van der Waals surface area contributed by atoms with Gasteiger partial charge >= 0.3 is 6.09 Å². The van der Waals surface area contributed by atoms with E-state index in [1.54, 1.807) is 6.92 Å². The minimum atomic E-state index is -1.42. The number of amidine groups is 1. The van der Waals surface area contributed by atoms with Gasteiger partial charge in [-0.25, -0.2) is 19.1 Å². The predicted octanol–water partition coefficient (Wildman–Crippen LogP) is 5.56. The molecule has 0 radical (unpaired) electrons. The predicted molar refractivity (Wildman–Crippen MR) is 135 cm³/mol. The van der Waals surface area contributed by atoms with Gasteiger partial charge in [-0.15, -0.1) is 0 Å². The number of halogens is 2. The van der Waals surface area contributed by atoms with E-state index in [0.29, 0.717) is 13.0 Å². The summed E-state index contributed by atoms with van der Waals surface area (Å²) in [6, 6.07) is 2.32. The van der Waals surface area contributed by atoms with Gasteiger partial charge in [-0.2, -0.15) is 4.39 Å². The molecule has 1 saturated carbocycles. The number of alkyl halides is 1. The first-order valence-corrected chi connectivity index (χ1v) is 16.0. The van der Waals surface area contributed by atoms with Crippen LogP contribution in [-0.4, -0.2) is 58.6 Å². The lowest BCUT2D eigenvalue weighted by atomic mass is 9.86. The molecule has 2 aliphatic rings. The Morgan fingerprint density at radius 1 is 1.44 bits per heavy atom. The van der Waals surface area contributed by atoms with Crippen molar-refractivity contribution in [2.24, 2.45) is 16.3 Å². The number of nitrogen functional groups attached to an aromatic ring is 1. The van der Waals surface area contributed by atoms with Gasteiger partial charge in [0.2, 0.25) is 5.95 Å². The fraction of sp³-hybridized carbons (Fsp3) is 0.696. The van der Waals surface area contributed by atoms with Gasteiger partial charge in [0, 0.05) is 31.6 Å². The second-order valence-electron chi connectivity index (χ2n) is 11.8. The Balaban J connectivity index is 2.08. The average molecular weight is 515 g/mol. The zero-order chi connectivity index (χ0) is 25.7. The maximum Gasteiger partial charge on any atom is 0.415 e. The molecule has 1 amide bonds. The van der Waals surface area contributed by atoms with Gasteiger partial charge < -0.3 is 15.6 Å². The number of ether oxygens (including phenoxy) is 1. The third-order valence-corrected chi connectivity index (χ3v) is 9.61. The van der Waals surface area contributed by atoms with Crippen LogP contribution in [0.5, 0.6) is 0 Å². The van der Waals surface area contributed by atoms with E-state index < -0.39 is 48.7 Å².